The van der Waals surface area contributed by atoms with Gasteiger partial charge in [0.2, 0.25) is 0 Å². The minimum atomic E-state index is -4.40. The topological polar surface area (TPSA) is 21.3 Å². The third-order valence-electron chi connectivity index (χ3n) is 3.01. The maximum Gasteiger partial charge on any atom is 0.416 e. The Morgan fingerprint density at radius 1 is 1.00 bits per heavy atom. The number of hydrogen-bond donors (Lipinski definition) is 1. The summed E-state index contributed by atoms with van der Waals surface area (Å²) in [5, 5.41) is 2.73. The van der Waals surface area contributed by atoms with E-state index in [2.05, 4.69) is 5.32 Å². The van der Waals surface area contributed by atoms with E-state index < -0.39 is 11.7 Å². The van der Waals surface area contributed by atoms with Gasteiger partial charge in [-0.25, -0.2) is 0 Å². The van der Waals surface area contributed by atoms with Gasteiger partial charge in [0, 0.05) is 6.54 Å². The Bertz CT molecular complexity index is 606. The number of halogens is 3. The molecule has 1 N–H and O–H groups in total. The fraction of sp³-hybridized carbons (Fsp3) is 0.250. The Morgan fingerprint density at radius 3 is 2.19 bits per heavy atom. The quantitative estimate of drug-likeness (QED) is 0.895. The molecule has 0 aromatic heterocycles. The van der Waals surface area contributed by atoms with E-state index in [0.29, 0.717) is 5.75 Å². The van der Waals surface area contributed by atoms with E-state index in [1.165, 1.54) is 6.07 Å². The molecule has 0 amide bonds. The third-order valence-corrected chi connectivity index (χ3v) is 3.01. The Kier molecular flexibility index (Phi) is 4.53. The van der Waals surface area contributed by atoms with Gasteiger partial charge in [0.05, 0.1) is 5.56 Å². The van der Waals surface area contributed by atoms with Crippen LogP contribution >= 0.6 is 0 Å². The maximum atomic E-state index is 13.1. The summed E-state index contributed by atoms with van der Waals surface area (Å²) in [6, 6.07) is 11.1. The molecule has 0 heterocycles. The maximum absolute atomic E-state index is 13.1. The number of aryl methyl sites for hydroxylation is 1. The summed E-state index contributed by atoms with van der Waals surface area (Å²) >= 11 is 0. The molecule has 0 saturated carbocycles. The van der Waals surface area contributed by atoms with Crippen LogP contribution in [0.5, 0.6) is 11.5 Å². The van der Waals surface area contributed by atoms with Crippen LogP contribution < -0.4 is 10.1 Å². The Labute approximate surface area is 121 Å². The highest BCUT2D eigenvalue weighted by Crippen LogP contribution is 2.35. The largest absolute Gasteiger partial charge is 0.457 e. The Morgan fingerprint density at radius 2 is 1.62 bits per heavy atom. The van der Waals surface area contributed by atoms with Gasteiger partial charge in [-0.1, -0.05) is 23.8 Å². The molecule has 0 unspecified atom stereocenters. The monoisotopic (exact) mass is 295 g/mol. The molecule has 2 nitrogen and oxygen atoms in total. The Hall–Kier alpha value is -2.01. The molecule has 0 radical (unpaired) electrons. The lowest BCUT2D eigenvalue weighted by molar-refractivity contribution is -0.138. The van der Waals surface area contributed by atoms with Crippen LogP contribution in [0.2, 0.25) is 0 Å². The van der Waals surface area contributed by atoms with Gasteiger partial charge in [0.15, 0.2) is 0 Å². The van der Waals surface area contributed by atoms with Crippen molar-refractivity contribution in [3.63, 3.8) is 0 Å². The fourth-order valence-electron chi connectivity index (χ4n) is 1.97. The van der Waals surface area contributed by atoms with E-state index in [0.717, 1.165) is 11.6 Å². The molecular weight excluding hydrogens is 279 g/mol. The number of rotatable bonds is 4. The summed E-state index contributed by atoms with van der Waals surface area (Å²) in [4.78, 5) is 0. The number of alkyl halides is 3. The zero-order chi connectivity index (χ0) is 15.5. The van der Waals surface area contributed by atoms with Gasteiger partial charge in [0.1, 0.15) is 11.5 Å². The zero-order valence-electron chi connectivity index (χ0n) is 11.8. The van der Waals surface area contributed by atoms with Crippen molar-refractivity contribution < 1.29 is 17.9 Å². The molecule has 2 aromatic rings. The van der Waals surface area contributed by atoms with Gasteiger partial charge in [-0.15, -0.1) is 0 Å². The SMILES string of the molecule is CNCc1ccc(Oc2ccc(C)cc2)cc1C(F)(F)F. The minimum Gasteiger partial charge on any atom is -0.457 e. The van der Waals surface area contributed by atoms with Crippen LogP contribution in [0.3, 0.4) is 0 Å². The van der Waals surface area contributed by atoms with Crippen molar-refractivity contribution in [3.8, 4) is 11.5 Å². The molecule has 112 valence electrons. The first-order valence-electron chi connectivity index (χ1n) is 6.49. The second-order valence-corrected chi connectivity index (χ2v) is 4.76. The van der Waals surface area contributed by atoms with E-state index in [-0.39, 0.29) is 17.9 Å². The van der Waals surface area contributed by atoms with Crippen molar-refractivity contribution in [3.05, 3.63) is 59.2 Å². The summed E-state index contributed by atoms with van der Waals surface area (Å²) in [7, 11) is 1.61. The lowest BCUT2D eigenvalue weighted by atomic mass is 10.1. The van der Waals surface area contributed by atoms with Crippen molar-refractivity contribution in [1.82, 2.24) is 5.32 Å². The first-order chi connectivity index (χ1) is 9.90. The molecule has 2 rings (SSSR count). The normalized spacial score (nSPS) is 11.5. The third kappa shape index (κ3) is 3.98. The molecule has 0 spiro atoms. The van der Waals surface area contributed by atoms with E-state index >= 15 is 0 Å². The average Bonchev–Trinajstić information content (AvgIpc) is 2.42. The highest BCUT2D eigenvalue weighted by molar-refractivity contribution is 5.40. The predicted molar refractivity (Wildman–Crippen MR) is 75.5 cm³/mol. The predicted octanol–water partition coefficient (Wildman–Crippen LogP) is 4.53. The molecule has 0 fully saturated rings. The van der Waals surface area contributed by atoms with E-state index in [9.17, 15) is 13.2 Å². The smallest absolute Gasteiger partial charge is 0.416 e. The molecule has 2 aromatic carbocycles. The number of benzene rings is 2. The Balaban J connectivity index is 2.31. The molecule has 5 heteroatoms. The zero-order valence-corrected chi connectivity index (χ0v) is 11.8. The van der Waals surface area contributed by atoms with Crippen LogP contribution in [0.4, 0.5) is 13.2 Å². The first-order valence-corrected chi connectivity index (χ1v) is 6.49. The first kappa shape index (κ1) is 15.4. The van der Waals surface area contributed by atoms with Crippen LogP contribution in [0.1, 0.15) is 16.7 Å². The van der Waals surface area contributed by atoms with Crippen LogP contribution in [-0.2, 0) is 12.7 Å². The van der Waals surface area contributed by atoms with E-state index in [1.807, 2.05) is 19.1 Å². The van der Waals surface area contributed by atoms with Crippen LogP contribution in [0, 0.1) is 6.92 Å². The van der Waals surface area contributed by atoms with Crippen LogP contribution in [0.15, 0.2) is 42.5 Å². The van der Waals surface area contributed by atoms with Crippen molar-refractivity contribution in [2.75, 3.05) is 7.05 Å². The number of hydrogen-bond acceptors (Lipinski definition) is 2. The molecular formula is C16H16F3NO. The molecule has 0 saturated heterocycles. The lowest BCUT2D eigenvalue weighted by Gasteiger charge is -2.15. The average molecular weight is 295 g/mol. The van der Waals surface area contributed by atoms with Gasteiger partial charge < -0.3 is 10.1 Å². The molecule has 0 atom stereocenters. The van der Waals surface area contributed by atoms with E-state index in [1.54, 1.807) is 25.2 Å². The standard InChI is InChI=1S/C16H16F3NO/c1-11-3-6-13(7-4-11)21-14-8-5-12(10-20-2)15(9-14)16(17,18)19/h3-9,20H,10H2,1-2H3. The van der Waals surface area contributed by atoms with Gasteiger partial charge >= 0.3 is 6.18 Å². The van der Waals surface area contributed by atoms with Crippen LogP contribution in [0.25, 0.3) is 0 Å². The van der Waals surface area contributed by atoms with E-state index in [4.69, 9.17) is 4.74 Å². The van der Waals surface area contributed by atoms with Crippen molar-refractivity contribution in [2.45, 2.75) is 19.6 Å². The van der Waals surface area contributed by atoms with Crippen molar-refractivity contribution >= 4 is 0 Å². The fourth-order valence-corrected chi connectivity index (χ4v) is 1.97. The minimum absolute atomic E-state index is 0.152. The van der Waals surface area contributed by atoms with Crippen molar-refractivity contribution in [1.29, 1.82) is 0 Å². The van der Waals surface area contributed by atoms with Gasteiger partial charge in [-0.05, 0) is 43.8 Å². The highest BCUT2D eigenvalue weighted by atomic mass is 19.4. The second kappa shape index (κ2) is 6.18. The molecule has 0 bridgehead atoms. The molecule has 21 heavy (non-hydrogen) atoms. The molecule has 0 aliphatic carbocycles. The number of nitrogens with one attached hydrogen (secondary N) is 1. The van der Waals surface area contributed by atoms with Gasteiger partial charge in [-0.3, -0.25) is 0 Å². The second-order valence-electron chi connectivity index (χ2n) is 4.76. The summed E-state index contributed by atoms with van der Waals surface area (Å²) in [5.41, 5.74) is 0.574. The molecule has 0 aliphatic rings. The van der Waals surface area contributed by atoms with Gasteiger partial charge in [-0.2, -0.15) is 13.2 Å². The van der Waals surface area contributed by atoms with Crippen molar-refractivity contribution in [2.24, 2.45) is 0 Å². The summed E-state index contributed by atoms with van der Waals surface area (Å²) < 4.78 is 44.7. The highest BCUT2D eigenvalue weighted by Gasteiger charge is 2.33. The number of ether oxygens (including phenoxy) is 1. The molecule has 0 aliphatic heterocycles. The van der Waals surface area contributed by atoms with Crippen LogP contribution in [-0.4, -0.2) is 7.05 Å². The summed E-state index contributed by atoms with van der Waals surface area (Å²) in [6.45, 7) is 2.08. The summed E-state index contributed by atoms with van der Waals surface area (Å²) in [6.07, 6.45) is -4.40. The van der Waals surface area contributed by atoms with Gasteiger partial charge in [0.25, 0.3) is 0 Å². The lowest BCUT2D eigenvalue weighted by Crippen LogP contribution is -2.14. The summed E-state index contributed by atoms with van der Waals surface area (Å²) in [5.74, 6) is 0.682.